The monoisotopic (exact) mass is 226 g/mol. The van der Waals surface area contributed by atoms with Crippen LogP contribution >= 0.6 is 12.2 Å². The molecule has 1 aromatic rings. The summed E-state index contributed by atoms with van der Waals surface area (Å²) in [6.07, 6.45) is 2.91. The van der Waals surface area contributed by atoms with Crippen molar-refractivity contribution in [2.75, 3.05) is 6.54 Å². The van der Waals surface area contributed by atoms with Gasteiger partial charge in [0.2, 0.25) is 0 Å². The number of aryl methyl sites for hydroxylation is 1. The number of hydrogen-bond donors (Lipinski definition) is 2. The number of nitrogens with one attached hydrogen (secondary N) is 1. The molecule has 0 aliphatic carbocycles. The van der Waals surface area contributed by atoms with Gasteiger partial charge >= 0.3 is 0 Å². The van der Waals surface area contributed by atoms with Crippen LogP contribution in [-0.4, -0.2) is 17.4 Å². The van der Waals surface area contributed by atoms with E-state index in [-0.39, 0.29) is 5.91 Å². The summed E-state index contributed by atoms with van der Waals surface area (Å²) >= 11 is 4.73. The summed E-state index contributed by atoms with van der Waals surface area (Å²) < 4.78 is 5.03. The fourth-order valence-electron chi connectivity index (χ4n) is 1.18. The molecule has 0 fully saturated rings. The molecule has 0 bridgehead atoms. The number of amides is 1. The van der Waals surface area contributed by atoms with Gasteiger partial charge < -0.3 is 15.5 Å². The molecule has 0 saturated heterocycles. The van der Waals surface area contributed by atoms with Gasteiger partial charge in [-0.3, -0.25) is 4.79 Å². The smallest absolute Gasteiger partial charge is 0.254 e. The van der Waals surface area contributed by atoms with Gasteiger partial charge in [0.1, 0.15) is 5.76 Å². The Morgan fingerprint density at radius 1 is 1.67 bits per heavy atom. The van der Waals surface area contributed by atoms with Crippen LogP contribution in [0.1, 0.15) is 29.0 Å². The molecule has 5 heteroatoms. The summed E-state index contributed by atoms with van der Waals surface area (Å²) in [5.41, 5.74) is 5.91. The molecular formula is C10H14N2O2S. The molecule has 0 saturated carbocycles. The van der Waals surface area contributed by atoms with Crippen molar-refractivity contribution in [2.24, 2.45) is 5.73 Å². The van der Waals surface area contributed by atoms with E-state index in [9.17, 15) is 4.79 Å². The molecule has 0 radical (unpaired) electrons. The molecule has 1 amide bonds. The van der Waals surface area contributed by atoms with E-state index in [0.29, 0.717) is 29.3 Å². The summed E-state index contributed by atoms with van der Waals surface area (Å²) in [5.74, 6) is 0.506. The first-order valence-electron chi connectivity index (χ1n) is 4.72. The minimum Gasteiger partial charge on any atom is -0.469 e. The van der Waals surface area contributed by atoms with Crippen molar-refractivity contribution in [2.45, 2.75) is 19.8 Å². The van der Waals surface area contributed by atoms with Gasteiger partial charge in [-0.25, -0.2) is 0 Å². The van der Waals surface area contributed by atoms with Crippen LogP contribution in [0.3, 0.4) is 0 Å². The van der Waals surface area contributed by atoms with E-state index in [1.807, 2.05) is 0 Å². The van der Waals surface area contributed by atoms with Crippen LogP contribution < -0.4 is 11.1 Å². The van der Waals surface area contributed by atoms with Gasteiger partial charge in [0.05, 0.1) is 16.8 Å². The SMILES string of the molecule is Cc1occc1C(=O)NCCCC(N)=S. The lowest BCUT2D eigenvalue weighted by Gasteiger charge is -2.03. The van der Waals surface area contributed by atoms with Gasteiger partial charge in [0, 0.05) is 6.54 Å². The van der Waals surface area contributed by atoms with Gasteiger partial charge in [0.25, 0.3) is 5.91 Å². The van der Waals surface area contributed by atoms with Crippen molar-refractivity contribution in [3.05, 3.63) is 23.7 Å². The Morgan fingerprint density at radius 3 is 2.93 bits per heavy atom. The zero-order chi connectivity index (χ0) is 11.3. The summed E-state index contributed by atoms with van der Waals surface area (Å²) in [7, 11) is 0. The first-order valence-corrected chi connectivity index (χ1v) is 5.12. The summed E-state index contributed by atoms with van der Waals surface area (Å²) in [6, 6.07) is 1.65. The normalized spacial score (nSPS) is 9.93. The molecule has 0 spiro atoms. The van der Waals surface area contributed by atoms with Gasteiger partial charge in [-0.05, 0) is 25.8 Å². The molecule has 3 N–H and O–H groups in total. The van der Waals surface area contributed by atoms with Crippen molar-refractivity contribution in [3.63, 3.8) is 0 Å². The molecule has 0 atom stereocenters. The molecule has 1 rings (SSSR count). The number of rotatable bonds is 5. The Kier molecular flexibility index (Phi) is 4.30. The van der Waals surface area contributed by atoms with Crippen molar-refractivity contribution in [1.82, 2.24) is 5.32 Å². The highest BCUT2D eigenvalue weighted by Crippen LogP contribution is 2.07. The number of carbonyl (C=O) groups excluding carboxylic acids is 1. The van der Waals surface area contributed by atoms with Crippen molar-refractivity contribution < 1.29 is 9.21 Å². The predicted molar refractivity (Wildman–Crippen MR) is 61.8 cm³/mol. The van der Waals surface area contributed by atoms with E-state index in [2.05, 4.69) is 5.32 Å². The Bertz CT molecular complexity index is 360. The third-order valence-electron chi connectivity index (χ3n) is 1.99. The molecule has 15 heavy (non-hydrogen) atoms. The highest BCUT2D eigenvalue weighted by Gasteiger charge is 2.09. The van der Waals surface area contributed by atoms with Crippen LogP contribution in [0, 0.1) is 6.92 Å². The Labute approximate surface area is 93.8 Å². The van der Waals surface area contributed by atoms with Crippen molar-refractivity contribution in [3.8, 4) is 0 Å². The number of carbonyl (C=O) groups is 1. The highest BCUT2D eigenvalue weighted by molar-refractivity contribution is 7.80. The van der Waals surface area contributed by atoms with E-state index in [4.69, 9.17) is 22.4 Å². The first-order chi connectivity index (χ1) is 7.11. The van der Waals surface area contributed by atoms with Crippen LogP contribution in [-0.2, 0) is 0 Å². The van der Waals surface area contributed by atoms with Crippen LogP contribution in [0.5, 0.6) is 0 Å². The predicted octanol–water partition coefficient (Wildman–Crippen LogP) is 1.38. The maximum Gasteiger partial charge on any atom is 0.254 e. The maximum absolute atomic E-state index is 11.5. The van der Waals surface area contributed by atoms with E-state index >= 15 is 0 Å². The summed E-state index contributed by atoms with van der Waals surface area (Å²) in [4.78, 5) is 12.0. The number of furan rings is 1. The molecule has 0 aromatic carbocycles. The van der Waals surface area contributed by atoms with Gasteiger partial charge in [-0.15, -0.1) is 0 Å². The Hall–Kier alpha value is -1.36. The van der Waals surface area contributed by atoms with Gasteiger partial charge in [0.15, 0.2) is 0 Å². The fourth-order valence-corrected chi connectivity index (χ4v) is 1.32. The Morgan fingerprint density at radius 2 is 2.40 bits per heavy atom. The van der Waals surface area contributed by atoms with Crippen molar-refractivity contribution >= 4 is 23.1 Å². The van der Waals surface area contributed by atoms with Crippen molar-refractivity contribution in [1.29, 1.82) is 0 Å². The zero-order valence-electron chi connectivity index (χ0n) is 8.58. The van der Waals surface area contributed by atoms with Crippen LogP contribution in [0.25, 0.3) is 0 Å². The largest absolute Gasteiger partial charge is 0.469 e. The fraction of sp³-hybridized carbons (Fsp3) is 0.400. The summed E-state index contributed by atoms with van der Waals surface area (Å²) in [5, 5.41) is 2.77. The molecule has 1 aromatic heterocycles. The third-order valence-corrected chi connectivity index (χ3v) is 2.19. The average Bonchev–Trinajstić information content (AvgIpc) is 2.58. The van der Waals surface area contributed by atoms with Crippen LogP contribution in [0.2, 0.25) is 0 Å². The quantitative estimate of drug-likeness (QED) is 0.588. The van der Waals surface area contributed by atoms with E-state index < -0.39 is 0 Å². The zero-order valence-corrected chi connectivity index (χ0v) is 9.39. The van der Waals surface area contributed by atoms with E-state index in [0.717, 1.165) is 6.42 Å². The molecule has 82 valence electrons. The molecule has 0 unspecified atom stereocenters. The van der Waals surface area contributed by atoms with Gasteiger partial charge in [-0.2, -0.15) is 0 Å². The lowest BCUT2D eigenvalue weighted by atomic mass is 10.2. The average molecular weight is 226 g/mol. The second-order valence-electron chi connectivity index (χ2n) is 3.22. The second-order valence-corrected chi connectivity index (χ2v) is 3.74. The highest BCUT2D eigenvalue weighted by atomic mass is 32.1. The molecule has 1 heterocycles. The minimum atomic E-state index is -0.121. The van der Waals surface area contributed by atoms with E-state index in [1.165, 1.54) is 6.26 Å². The Balaban J connectivity index is 2.31. The first kappa shape index (κ1) is 11.7. The topological polar surface area (TPSA) is 68.3 Å². The minimum absolute atomic E-state index is 0.121. The lowest BCUT2D eigenvalue weighted by Crippen LogP contribution is -2.25. The number of thiocarbonyl (C=S) groups is 1. The summed E-state index contributed by atoms with van der Waals surface area (Å²) in [6.45, 7) is 2.32. The van der Waals surface area contributed by atoms with Crippen LogP contribution in [0.4, 0.5) is 0 Å². The van der Waals surface area contributed by atoms with Gasteiger partial charge in [-0.1, -0.05) is 12.2 Å². The van der Waals surface area contributed by atoms with E-state index in [1.54, 1.807) is 13.0 Å². The molecule has 0 aliphatic rings. The standard InChI is InChI=1S/C10H14N2O2S/c1-7-8(4-6-14-7)10(13)12-5-2-3-9(11)15/h4,6H,2-3,5H2,1H3,(H2,11,15)(H,12,13). The molecule has 0 aliphatic heterocycles. The maximum atomic E-state index is 11.5. The molecular weight excluding hydrogens is 212 g/mol. The number of nitrogens with two attached hydrogens (primary N) is 1. The lowest BCUT2D eigenvalue weighted by molar-refractivity contribution is 0.0952. The second kappa shape index (κ2) is 5.50. The van der Waals surface area contributed by atoms with Crippen LogP contribution in [0.15, 0.2) is 16.7 Å². The third kappa shape index (κ3) is 3.71. The molecule has 4 nitrogen and oxygen atoms in total. The number of hydrogen-bond acceptors (Lipinski definition) is 3.